The summed E-state index contributed by atoms with van der Waals surface area (Å²) < 4.78 is 45.1. The second-order valence-electron chi connectivity index (χ2n) is 10.5. The van der Waals surface area contributed by atoms with Crippen molar-refractivity contribution in [2.75, 3.05) is 6.61 Å². The number of ether oxygens (including phenoxy) is 1. The molecule has 0 aromatic carbocycles. The fourth-order valence-corrected chi connectivity index (χ4v) is 8.17. The lowest BCUT2D eigenvalue weighted by molar-refractivity contribution is -0.196. The Morgan fingerprint density at radius 3 is 2.42 bits per heavy atom. The van der Waals surface area contributed by atoms with Crippen LogP contribution in [0.15, 0.2) is 0 Å². The second kappa shape index (κ2) is 6.12. The average molecular weight is 370 g/mol. The van der Waals surface area contributed by atoms with Crippen LogP contribution >= 0.6 is 0 Å². The normalized spacial score (nSPS) is 53.5. The number of epoxide rings is 1. The van der Waals surface area contributed by atoms with Crippen molar-refractivity contribution >= 4 is 0 Å². The highest BCUT2D eigenvalue weighted by molar-refractivity contribution is 5.06. The van der Waals surface area contributed by atoms with Crippen molar-refractivity contribution in [3.63, 3.8) is 0 Å². The van der Waals surface area contributed by atoms with Crippen LogP contribution in [-0.4, -0.2) is 18.9 Å². The summed E-state index contributed by atoms with van der Waals surface area (Å²) in [4.78, 5) is 0. The molecule has 4 heteroatoms. The summed E-state index contributed by atoms with van der Waals surface area (Å²) in [5.74, 6) is 3.06. The van der Waals surface area contributed by atoms with E-state index in [0.29, 0.717) is 36.2 Å². The molecular formula is C22H33F3O. The minimum atomic E-state index is -3.98. The van der Waals surface area contributed by atoms with Crippen molar-refractivity contribution in [3.05, 3.63) is 0 Å². The molecule has 5 aliphatic rings. The summed E-state index contributed by atoms with van der Waals surface area (Å²) in [5, 5.41) is 0. The number of alkyl halides is 3. The van der Waals surface area contributed by atoms with E-state index in [4.69, 9.17) is 4.74 Å². The zero-order chi connectivity index (χ0) is 18.1. The quantitative estimate of drug-likeness (QED) is 0.526. The lowest BCUT2D eigenvalue weighted by Gasteiger charge is -2.56. The summed E-state index contributed by atoms with van der Waals surface area (Å²) in [6.07, 6.45) is 7.00. The third-order valence-corrected chi connectivity index (χ3v) is 9.56. The van der Waals surface area contributed by atoms with E-state index in [0.717, 1.165) is 43.1 Å². The lowest BCUT2D eigenvalue weighted by atomic mass is 9.49. The van der Waals surface area contributed by atoms with Crippen molar-refractivity contribution in [2.24, 2.45) is 46.8 Å². The van der Waals surface area contributed by atoms with Crippen LogP contribution in [0.25, 0.3) is 0 Å². The Morgan fingerprint density at radius 2 is 1.69 bits per heavy atom. The third-order valence-electron chi connectivity index (χ3n) is 9.56. The summed E-state index contributed by atoms with van der Waals surface area (Å²) >= 11 is 0. The number of rotatable bonds is 2. The van der Waals surface area contributed by atoms with Gasteiger partial charge in [0.15, 0.2) is 0 Å². The topological polar surface area (TPSA) is 12.5 Å². The summed E-state index contributed by atoms with van der Waals surface area (Å²) in [6.45, 7) is 3.51. The molecule has 1 aliphatic heterocycles. The maximum absolute atomic E-state index is 13.2. The molecule has 1 saturated heterocycles. The van der Waals surface area contributed by atoms with Gasteiger partial charge in [-0.05, 0) is 105 Å². The molecule has 0 N–H and O–H groups in total. The monoisotopic (exact) mass is 370 g/mol. The van der Waals surface area contributed by atoms with Crippen LogP contribution in [0.2, 0.25) is 0 Å². The maximum Gasteiger partial charge on any atom is 0.391 e. The van der Waals surface area contributed by atoms with Gasteiger partial charge in [-0.15, -0.1) is 0 Å². The van der Waals surface area contributed by atoms with Gasteiger partial charge in [0.25, 0.3) is 0 Å². The first-order valence-corrected chi connectivity index (χ1v) is 11.0. The van der Waals surface area contributed by atoms with Crippen molar-refractivity contribution < 1.29 is 17.9 Å². The SMILES string of the molecule is C[C@]12CCC3C(CCC4C[C@@H](C(F)(F)F)CC[C@@H]43)C1CCC2CC1CO1. The molecule has 1 heterocycles. The number of hydrogen-bond acceptors (Lipinski definition) is 1. The van der Waals surface area contributed by atoms with E-state index in [2.05, 4.69) is 6.92 Å². The Balaban J connectivity index is 1.30. The van der Waals surface area contributed by atoms with Crippen LogP contribution in [-0.2, 0) is 4.74 Å². The van der Waals surface area contributed by atoms with Crippen LogP contribution in [0, 0.1) is 46.8 Å². The van der Waals surface area contributed by atoms with Crippen molar-refractivity contribution in [2.45, 2.75) is 83.4 Å². The molecule has 5 rings (SSSR count). The first-order chi connectivity index (χ1) is 12.4. The molecule has 4 saturated carbocycles. The first-order valence-electron chi connectivity index (χ1n) is 11.0. The highest BCUT2D eigenvalue weighted by Crippen LogP contribution is 2.65. The minimum Gasteiger partial charge on any atom is -0.373 e. The lowest BCUT2D eigenvalue weighted by Crippen LogP contribution is -2.49. The third kappa shape index (κ3) is 2.84. The Morgan fingerprint density at radius 1 is 0.923 bits per heavy atom. The molecule has 5 fully saturated rings. The zero-order valence-electron chi connectivity index (χ0n) is 15.9. The molecule has 4 aliphatic carbocycles. The standard InChI is InChI=1S/C22H33F3O/c1-21-9-8-18-17-6-3-15(22(23,24)25)10-13(17)2-5-19(18)20(21)7-4-14(21)11-16-12-26-16/h13-20H,2-12H2,1H3/t13?,14?,15-,16?,17-,18?,19?,20?,21+/m0/s1. The smallest absolute Gasteiger partial charge is 0.373 e. The molecule has 0 bridgehead atoms. The Hall–Kier alpha value is -0.250. The molecular weight excluding hydrogens is 337 g/mol. The van der Waals surface area contributed by atoms with E-state index in [1.807, 2.05) is 0 Å². The van der Waals surface area contributed by atoms with Gasteiger partial charge in [-0.3, -0.25) is 0 Å². The van der Waals surface area contributed by atoms with E-state index in [1.54, 1.807) is 0 Å². The molecule has 0 spiro atoms. The van der Waals surface area contributed by atoms with Gasteiger partial charge in [0.1, 0.15) is 0 Å². The van der Waals surface area contributed by atoms with Crippen LogP contribution in [0.4, 0.5) is 13.2 Å². The van der Waals surface area contributed by atoms with Gasteiger partial charge in [-0.2, -0.15) is 13.2 Å². The van der Waals surface area contributed by atoms with Crippen LogP contribution in [0.5, 0.6) is 0 Å². The summed E-state index contributed by atoms with van der Waals surface area (Å²) in [5.41, 5.74) is 0.475. The fourth-order valence-electron chi connectivity index (χ4n) is 8.17. The predicted molar refractivity (Wildman–Crippen MR) is 94.5 cm³/mol. The van der Waals surface area contributed by atoms with Crippen molar-refractivity contribution in [1.82, 2.24) is 0 Å². The van der Waals surface area contributed by atoms with E-state index < -0.39 is 12.1 Å². The van der Waals surface area contributed by atoms with Gasteiger partial charge in [-0.1, -0.05) is 6.92 Å². The van der Waals surface area contributed by atoms with Crippen molar-refractivity contribution in [1.29, 1.82) is 0 Å². The summed E-state index contributed by atoms with van der Waals surface area (Å²) in [7, 11) is 0. The van der Waals surface area contributed by atoms with E-state index in [9.17, 15) is 13.2 Å². The predicted octanol–water partition coefficient (Wildman–Crippen LogP) is 6.22. The molecule has 1 nitrogen and oxygen atoms in total. The molecule has 0 aromatic heterocycles. The van der Waals surface area contributed by atoms with Gasteiger partial charge in [0.2, 0.25) is 0 Å². The zero-order valence-corrected chi connectivity index (χ0v) is 15.9. The van der Waals surface area contributed by atoms with Gasteiger partial charge < -0.3 is 4.74 Å². The average Bonchev–Trinajstić information content (AvgIpc) is 3.35. The van der Waals surface area contributed by atoms with Crippen LogP contribution in [0.3, 0.4) is 0 Å². The molecule has 0 amide bonds. The highest BCUT2D eigenvalue weighted by Gasteiger charge is 2.58. The largest absolute Gasteiger partial charge is 0.391 e. The number of fused-ring (bicyclic) bond motifs is 5. The molecule has 9 atom stereocenters. The van der Waals surface area contributed by atoms with E-state index in [1.165, 1.54) is 38.5 Å². The second-order valence-corrected chi connectivity index (χ2v) is 10.5. The molecule has 26 heavy (non-hydrogen) atoms. The van der Waals surface area contributed by atoms with Crippen molar-refractivity contribution in [3.8, 4) is 0 Å². The minimum absolute atomic E-state index is 0.345. The Bertz CT molecular complexity index is 542. The number of hydrogen-bond donors (Lipinski definition) is 0. The molecule has 148 valence electrons. The Kier molecular flexibility index (Phi) is 4.20. The van der Waals surface area contributed by atoms with Crippen LogP contribution < -0.4 is 0 Å². The van der Waals surface area contributed by atoms with Crippen LogP contribution in [0.1, 0.15) is 71.1 Å². The maximum atomic E-state index is 13.2. The van der Waals surface area contributed by atoms with Gasteiger partial charge >= 0.3 is 6.18 Å². The Labute approximate surface area is 155 Å². The van der Waals surface area contributed by atoms with Gasteiger partial charge in [-0.25, -0.2) is 0 Å². The van der Waals surface area contributed by atoms with Gasteiger partial charge in [0.05, 0.1) is 18.6 Å². The first kappa shape index (κ1) is 17.8. The van der Waals surface area contributed by atoms with E-state index in [-0.39, 0.29) is 0 Å². The summed E-state index contributed by atoms with van der Waals surface area (Å²) in [6, 6.07) is 0. The number of halogens is 3. The molecule has 0 aromatic rings. The molecule has 0 radical (unpaired) electrons. The van der Waals surface area contributed by atoms with Gasteiger partial charge in [0, 0.05) is 0 Å². The van der Waals surface area contributed by atoms with E-state index >= 15 is 0 Å². The fraction of sp³-hybridized carbons (Fsp3) is 1.00. The highest BCUT2D eigenvalue weighted by atomic mass is 19.4. The molecule has 6 unspecified atom stereocenters.